The third-order valence-electron chi connectivity index (χ3n) is 3.49. The lowest BCUT2D eigenvalue weighted by molar-refractivity contribution is -0.131. The van der Waals surface area contributed by atoms with E-state index in [0.29, 0.717) is 6.04 Å². The van der Waals surface area contributed by atoms with Crippen LogP contribution in [0.2, 0.25) is 0 Å². The van der Waals surface area contributed by atoms with Crippen LogP contribution in [0.15, 0.2) is 17.5 Å². The summed E-state index contributed by atoms with van der Waals surface area (Å²) in [5.41, 5.74) is 0.952. The molecule has 0 atom stereocenters. The van der Waals surface area contributed by atoms with E-state index in [0.717, 1.165) is 38.1 Å². The molecule has 21 heavy (non-hydrogen) atoms. The molecule has 5 heteroatoms. The largest absolute Gasteiger partial charge is 0.478 e. The summed E-state index contributed by atoms with van der Waals surface area (Å²) < 4.78 is 5.20. The molecule has 0 fully saturated rings. The van der Waals surface area contributed by atoms with Crippen LogP contribution in [0.5, 0.6) is 0 Å². The third kappa shape index (κ3) is 6.42. The molecule has 0 saturated carbocycles. The summed E-state index contributed by atoms with van der Waals surface area (Å²) in [6, 6.07) is 2.62. The second-order valence-electron chi connectivity index (χ2n) is 4.95. The van der Waals surface area contributed by atoms with Gasteiger partial charge in [0.1, 0.15) is 0 Å². The van der Waals surface area contributed by atoms with Gasteiger partial charge in [0.2, 0.25) is 0 Å². The molecule has 1 N–H and O–H groups in total. The van der Waals surface area contributed by atoms with E-state index in [-0.39, 0.29) is 0 Å². The number of carboxylic acid groups (broad SMARTS) is 1. The number of carboxylic acids is 1. The fourth-order valence-corrected chi connectivity index (χ4v) is 3.22. The van der Waals surface area contributed by atoms with Gasteiger partial charge in [-0.25, -0.2) is 4.79 Å². The number of aliphatic carboxylic acids is 1. The molecule has 0 aliphatic rings. The Kier molecular flexibility index (Phi) is 8.27. The zero-order chi connectivity index (χ0) is 15.7. The molecule has 0 aliphatic carbocycles. The Morgan fingerprint density at radius 3 is 2.76 bits per heavy atom. The molecule has 0 amide bonds. The van der Waals surface area contributed by atoms with Crippen LogP contribution in [0, 0.1) is 0 Å². The van der Waals surface area contributed by atoms with Gasteiger partial charge < -0.3 is 9.84 Å². The monoisotopic (exact) mass is 311 g/mol. The first kappa shape index (κ1) is 17.9. The topological polar surface area (TPSA) is 49.8 Å². The standard InChI is InChI=1S/C16H25NO3S/c1-4-14(5-2)17(8-9-20-3)11-15-10-13(12-21-15)6-7-16(18)19/h6-7,10,12,14H,4-5,8-9,11H2,1-3H3,(H,18,19). The Hall–Kier alpha value is -1.17. The van der Waals surface area contributed by atoms with Crippen molar-refractivity contribution in [1.82, 2.24) is 4.90 Å². The normalized spacial score (nSPS) is 11.9. The molecule has 1 heterocycles. The van der Waals surface area contributed by atoms with E-state index in [9.17, 15) is 4.79 Å². The van der Waals surface area contributed by atoms with E-state index in [1.54, 1.807) is 24.5 Å². The van der Waals surface area contributed by atoms with Crippen molar-refractivity contribution in [3.05, 3.63) is 28.0 Å². The van der Waals surface area contributed by atoms with Crippen molar-refractivity contribution < 1.29 is 14.6 Å². The molecule has 0 aliphatic heterocycles. The minimum Gasteiger partial charge on any atom is -0.478 e. The van der Waals surface area contributed by atoms with Gasteiger partial charge in [0.05, 0.1) is 6.61 Å². The van der Waals surface area contributed by atoms with Crippen LogP contribution < -0.4 is 0 Å². The van der Waals surface area contributed by atoms with Gasteiger partial charge in [-0.1, -0.05) is 13.8 Å². The molecule has 0 radical (unpaired) electrons. The maximum atomic E-state index is 10.5. The lowest BCUT2D eigenvalue weighted by atomic mass is 10.1. The first-order valence-corrected chi connectivity index (χ1v) is 8.20. The average Bonchev–Trinajstić information content (AvgIpc) is 2.91. The number of ether oxygens (including phenoxy) is 1. The maximum Gasteiger partial charge on any atom is 0.328 e. The molecule has 1 rings (SSSR count). The molecule has 0 bridgehead atoms. The van der Waals surface area contributed by atoms with Crippen molar-refractivity contribution in [3.8, 4) is 0 Å². The van der Waals surface area contributed by atoms with Gasteiger partial charge in [-0.2, -0.15) is 0 Å². The summed E-state index contributed by atoms with van der Waals surface area (Å²) >= 11 is 1.67. The number of hydrogen-bond acceptors (Lipinski definition) is 4. The third-order valence-corrected chi connectivity index (χ3v) is 4.43. The summed E-state index contributed by atoms with van der Waals surface area (Å²) in [6.45, 7) is 6.96. The van der Waals surface area contributed by atoms with Crippen LogP contribution in [0.4, 0.5) is 0 Å². The van der Waals surface area contributed by atoms with Gasteiger partial charge in [0, 0.05) is 37.2 Å². The number of rotatable bonds is 10. The van der Waals surface area contributed by atoms with Crippen molar-refractivity contribution in [2.24, 2.45) is 0 Å². The first-order valence-electron chi connectivity index (χ1n) is 7.32. The molecule has 118 valence electrons. The fraction of sp³-hybridized carbons (Fsp3) is 0.562. The minimum atomic E-state index is -0.915. The van der Waals surface area contributed by atoms with Gasteiger partial charge in [-0.05, 0) is 35.9 Å². The molecule has 4 nitrogen and oxygen atoms in total. The van der Waals surface area contributed by atoms with Crippen LogP contribution in [-0.2, 0) is 16.1 Å². The average molecular weight is 311 g/mol. The Morgan fingerprint density at radius 1 is 1.48 bits per heavy atom. The van der Waals surface area contributed by atoms with Crippen molar-refractivity contribution >= 4 is 23.4 Å². The van der Waals surface area contributed by atoms with Gasteiger partial charge >= 0.3 is 5.97 Å². The van der Waals surface area contributed by atoms with E-state index in [4.69, 9.17) is 9.84 Å². The maximum absolute atomic E-state index is 10.5. The Morgan fingerprint density at radius 2 is 2.19 bits per heavy atom. The molecular weight excluding hydrogens is 286 g/mol. The van der Waals surface area contributed by atoms with Gasteiger partial charge in [-0.3, -0.25) is 4.90 Å². The van der Waals surface area contributed by atoms with E-state index < -0.39 is 5.97 Å². The van der Waals surface area contributed by atoms with Crippen LogP contribution in [0.1, 0.15) is 37.1 Å². The molecule has 1 aromatic heterocycles. The van der Waals surface area contributed by atoms with E-state index >= 15 is 0 Å². The number of thiophene rings is 1. The highest BCUT2D eigenvalue weighted by atomic mass is 32.1. The number of methoxy groups -OCH3 is 1. The second kappa shape index (κ2) is 9.71. The van der Waals surface area contributed by atoms with Crippen molar-refractivity contribution in [1.29, 1.82) is 0 Å². The Labute approximate surface area is 131 Å². The lowest BCUT2D eigenvalue weighted by Gasteiger charge is -2.29. The molecule has 0 spiro atoms. The number of hydrogen-bond donors (Lipinski definition) is 1. The van der Waals surface area contributed by atoms with E-state index in [2.05, 4.69) is 24.8 Å². The van der Waals surface area contributed by atoms with E-state index in [1.807, 2.05) is 5.38 Å². The first-order chi connectivity index (χ1) is 10.1. The Bertz CT molecular complexity index is 452. The Balaban J connectivity index is 2.71. The highest BCUT2D eigenvalue weighted by Gasteiger charge is 2.15. The van der Waals surface area contributed by atoms with Crippen LogP contribution >= 0.6 is 11.3 Å². The molecular formula is C16H25NO3S. The van der Waals surface area contributed by atoms with Crippen LogP contribution in [-0.4, -0.2) is 42.3 Å². The van der Waals surface area contributed by atoms with Crippen LogP contribution in [0.3, 0.4) is 0 Å². The lowest BCUT2D eigenvalue weighted by Crippen LogP contribution is -2.36. The van der Waals surface area contributed by atoms with Gasteiger partial charge in [0.15, 0.2) is 0 Å². The van der Waals surface area contributed by atoms with Gasteiger partial charge in [-0.15, -0.1) is 11.3 Å². The number of nitrogens with zero attached hydrogens (tertiary/aromatic N) is 1. The van der Waals surface area contributed by atoms with Crippen LogP contribution in [0.25, 0.3) is 6.08 Å². The van der Waals surface area contributed by atoms with Crippen molar-refractivity contribution in [2.45, 2.75) is 39.3 Å². The zero-order valence-electron chi connectivity index (χ0n) is 13.0. The van der Waals surface area contributed by atoms with Gasteiger partial charge in [0.25, 0.3) is 0 Å². The van der Waals surface area contributed by atoms with Crippen molar-refractivity contribution in [3.63, 3.8) is 0 Å². The summed E-state index contributed by atoms with van der Waals surface area (Å²) in [4.78, 5) is 14.2. The quantitative estimate of drug-likeness (QED) is 0.672. The molecule has 1 aromatic rings. The number of carbonyl (C=O) groups is 1. The zero-order valence-corrected chi connectivity index (χ0v) is 13.9. The summed E-state index contributed by atoms with van der Waals surface area (Å²) in [5.74, 6) is -0.915. The highest BCUT2D eigenvalue weighted by Crippen LogP contribution is 2.20. The predicted molar refractivity (Wildman–Crippen MR) is 87.6 cm³/mol. The predicted octanol–water partition coefficient (Wildman–Crippen LogP) is 3.48. The molecule has 0 aromatic carbocycles. The summed E-state index contributed by atoms with van der Waals surface area (Å²) in [7, 11) is 1.73. The molecule has 0 saturated heterocycles. The SMILES string of the molecule is CCC(CC)N(CCOC)Cc1cc(C=CC(=O)O)cs1. The summed E-state index contributed by atoms with van der Waals surface area (Å²) in [6.07, 6.45) is 5.06. The molecule has 0 unspecified atom stereocenters. The van der Waals surface area contributed by atoms with E-state index in [1.165, 1.54) is 11.0 Å². The van der Waals surface area contributed by atoms with Crippen molar-refractivity contribution in [2.75, 3.05) is 20.3 Å². The second-order valence-corrected chi connectivity index (χ2v) is 5.95. The fourth-order valence-electron chi connectivity index (χ4n) is 2.34. The smallest absolute Gasteiger partial charge is 0.328 e. The summed E-state index contributed by atoms with van der Waals surface area (Å²) in [5, 5.41) is 10.7. The minimum absolute atomic E-state index is 0.556. The highest BCUT2D eigenvalue weighted by molar-refractivity contribution is 7.10.